The average Bonchev–Trinajstić information content (AvgIpc) is 2.86. The van der Waals surface area contributed by atoms with Crippen molar-refractivity contribution in [3.63, 3.8) is 0 Å². The van der Waals surface area contributed by atoms with Gasteiger partial charge in [-0.1, -0.05) is 19.4 Å². The van der Waals surface area contributed by atoms with Gasteiger partial charge in [0.25, 0.3) is 5.56 Å². The van der Waals surface area contributed by atoms with E-state index >= 15 is 0 Å². The van der Waals surface area contributed by atoms with Crippen molar-refractivity contribution in [1.82, 2.24) is 24.3 Å². The predicted octanol–water partition coefficient (Wildman–Crippen LogP) is 5.65. The number of nitrogens with zero attached hydrogens (tertiary/aromatic N) is 5. The van der Waals surface area contributed by atoms with Gasteiger partial charge >= 0.3 is 6.09 Å². The van der Waals surface area contributed by atoms with E-state index in [4.69, 9.17) is 9.72 Å². The Balaban J connectivity index is 1.70. The summed E-state index contributed by atoms with van der Waals surface area (Å²) in [4.78, 5) is 40.2. The number of piperazine rings is 1. The lowest BCUT2D eigenvalue weighted by Crippen LogP contribution is -2.60. The molecule has 38 heavy (non-hydrogen) atoms. The zero-order valence-electron chi connectivity index (χ0n) is 23.8. The maximum Gasteiger partial charge on any atom is 0.410 e. The molecule has 0 bridgehead atoms. The molecule has 204 valence electrons. The third kappa shape index (κ3) is 5.75. The summed E-state index contributed by atoms with van der Waals surface area (Å²) in [5, 5.41) is 0.622. The summed E-state index contributed by atoms with van der Waals surface area (Å²) in [7, 11) is 0. The Hall–Kier alpha value is -3.26. The molecule has 1 aromatic carbocycles. The number of benzene rings is 1. The van der Waals surface area contributed by atoms with E-state index < -0.39 is 5.60 Å². The first kappa shape index (κ1) is 27.8. The van der Waals surface area contributed by atoms with Gasteiger partial charge in [0.2, 0.25) is 0 Å². The Morgan fingerprint density at radius 3 is 2.29 bits per heavy atom. The molecule has 1 amide bonds. The van der Waals surface area contributed by atoms with Gasteiger partial charge in [0.1, 0.15) is 11.4 Å². The van der Waals surface area contributed by atoms with Crippen LogP contribution in [0, 0.1) is 0 Å². The second-order valence-electron chi connectivity index (χ2n) is 11.3. The lowest BCUT2D eigenvalue weighted by atomic mass is 10.0. The number of hydrogen-bond acceptors (Lipinski definition) is 6. The number of rotatable bonds is 6. The molecule has 2 aromatic heterocycles. The monoisotopic (exact) mass is 519 g/mol. The van der Waals surface area contributed by atoms with Crippen LogP contribution in [-0.2, 0) is 11.3 Å². The molecule has 1 aliphatic rings. The summed E-state index contributed by atoms with van der Waals surface area (Å²) < 4.78 is 7.52. The van der Waals surface area contributed by atoms with Crippen molar-refractivity contribution >= 4 is 17.0 Å². The highest BCUT2D eigenvalue weighted by Crippen LogP contribution is 2.31. The van der Waals surface area contributed by atoms with Crippen LogP contribution >= 0.6 is 0 Å². The summed E-state index contributed by atoms with van der Waals surface area (Å²) in [5.41, 5.74) is 2.14. The van der Waals surface area contributed by atoms with Crippen LogP contribution in [0.3, 0.4) is 0 Å². The molecule has 0 aliphatic carbocycles. The van der Waals surface area contributed by atoms with Crippen molar-refractivity contribution in [3.8, 4) is 11.1 Å². The standard InChI is InChI=1S/C30H41N5O3/c1-8-10-26(33-18-20(3)35(21(4)19-33)29(37)38-30(5,6)7)27-32-25-12-11-23(22-13-15-31-16-14-22)17-24(25)28(36)34(27)9-2/h11-17,20-21,26H,8-10,18-19H2,1-7H3/t20-,21+,26?. The summed E-state index contributed by atoms with van der Waals surface area (Å²) in [6, 6.07) is 9.70. The van der Waals surface area contributed by atoms with Gasteiger partial charge in [-0.25, -0.2) is 9.78 Å². The molecule has 1 saturated heterocycles. The van der Waals surface area contributed by atoms with Gasteiger partial charge < -0.3 is 9.64 Å². The third-order valence-electron chi connectivity index (χ3n) is 7.17. The molecule has 4 rings (SSSR count). The number of aromatic nitrogens is 3. The summed E-state index contributed by atoms with van der Waals surface area (Å²) in [5.74, 6) is 0.800. The van der Waals surface area contributed by atoms with Crippen LogP contribution in [-0.4, -0.2) is 61.2 Å². The number of fused-ring (bicyclic) bond motifs is 1. The van der Waals surface area contributed by atoms with E-state index in [1.54, 1.807) is 12.4 Å². The Morgan fingerprint density at radius 1 is 1.05 bits per heavy atom. The maximum atomic E-state index is 13.8. The lowest BCUT2D eigenvalue weighted by Gasteiger charge is -2.47. The first-order chi connectivity index (χ1) is 18.0. The predicted molar refractivity (Wildman–Crippen MR) is 151 cm³/mol. The normalized spacial score (nSPS) is 19.5. The second-order valence-corrected chi connectivity index (χ2v) is 11.3. The number of amides is 1. The van der Waals surface area contributed by atoms with Crippen molar-refractivity contribution in [1.29, 1.82) is 0 Å². The van der Waals surface area contributed by atoms with Crippen LogP contribution in [0.1, 0.15) is 73.2 Å². The minimum atomic E-state index is -0.540. The van der Waals surface area contributed by atoms with E-state index in [2.05, 4.69) is 30.7 Å². The zero-order chi connectivity index (χ0) is 27.6. The number of carbonyl (C=O) groups is 1. The molecule has 0 N–H and O–H groups in total. The molecule has 1 unspecified atom stereocenters. The van der Waals surface area contributed by atoms with Crippen LogP contribution in [0.4, 0.5) is 4.79 Å². The van der Waals surface area contributed by atoms with Gasteiger partial charge in [0.05, 0.1) is 16.9 Å². The topological polar surface area (TPSA) is 80.6 Å². The van der Waals surface area contributed by atoms with E-state index in [1.807, 2.05) is 67.5 Å². The highest BCUT2D eigenvalue weighted by molar-refractivity contribution is 5.83. The molecular weight excluding hydrogens is 478 g/mol. The Labute approximate surface area is 225 Å². The molecule has 1 aliphatic heterocycles. The van der Waals surface area contributed by atoms with Gasteiger partial charge in [-0.3, -0.25) is 19.2 Å². The molecule has 0 spiro atoms. The van der Waals surface area contributed by atoms with Crippen molar-refractivity contribution in [3.05, 3.63) is 58.9 Å². The lowest BCUT2D eigenvalue weighted by molar-refractivity contribution is -0.0247. The van der Waals surface area contributed by atoms with Crippen LogP contribution in [0.2, 0.25) is 0 Å². The van der Waals surface area contributed by atoms with Crippen molar-refractivity contribution in [2.45, 2.75) is 91.6 Å². The molecule has 8 heteroatoms. The highest BCUT2D eigenvalue weighted by Gasteiger charge is 2.39. The summed E-state index contributed by atoms with van der Waals surface area (Å²) >= 11 is 0. The van der Waals surface area contributed by atoms with E-state index in [1.165, 1.54) is 0 Å². The Kier molecular flexibility index (Phi) is 8.21. The van der Waals surface area contributed by atoms with Crippen LogP contribution in [0.15, 0.2) is 47.5 Å². The smallest absolute Gasteiger partial charge is 0.410 e. The average molecular weight is 520 g/mol. The molecule has 3 heterocycles. The molecule has 8 nitrogen and oxygen atoms in total. The van der Waals surface area contributed by atoms with E-state index in [0.29, 0.717) is 30.5 Å². The summed E-state index contributed by atoms with van der Waals surface area (Å²) in [6.07, 6.45) is 5.07. The molecule has 1 fully saturated rings. The number of ether oxygens (including phenoxy) is 1. The van der Waals surface area contributed by atoms with Crippen LogP contribution in [0.25, 0.3) is 22.0 Å². The molecule has 0 saturated carbocycles. The van der Waals surface area contributed by atoms with Gasteiger partial charge in [-0.15, -0.1) is 0 Å². The molecule has 3 atom stereocenters. The first-order valence-corrected chi connectivity index (χ1v) is 13.7. The SMILES string of the molecule is CCCC(c1nc2ccc(-c3ccncc3)cc2c(=O)n1CC)N1C[C@@H](C)N(C(=O)OC(C)(C)C)[C@@H](C)C1. The minimum Gasteiger partial charge on any atom is -0.444 e. The van der Waals surface area contributed by atoms with Crippen molar-refractivity contribution < 1.29 is 9.53 Å². The number of pyridine rings is 1. The molecular formula is C30H41N5O3. The fourth-order valence-electron chi connectivity index (χ4n) is 5.56. The zero-order valence-corrected chi connectivity index (χ0v) is 23.8. The van der Waals surface area contributed by atoms with Crippen molar-refractivity contribution in [2.24, 2.45) is 0 Å². The Morgan fingerprint density at radius 2 is 1.71 bits per heavy atom. The fourth-order valence-corrected chi connectivity index (χ4v) is 5.56. The van der Waals surface area contributed by atoms with Gasteiger partial charge in [-0.2, -0.15) is 0 Å². The van der Waals surface area contributed by atoms with Crippen molar-refractivity contribution in [2.75, 3.05) is 13.1 Å². The highest BCUT2D eigenvalue weighted by atomic mass is 16.6. The van der Waals surface area contributed by atoms with E-state index in [9.17, 15) is 9.59 Å². The van der Waals surface area contributed by atoms with Crippen LogP contribution in [0.5, 0.6) is 0 Å². The van der Waals surface area contributed by atoms with Gasteiger partial charge in [0.15, 0.2) is 0 Å². The van der Waals surface area contributed by atoms with E-state index in [-0.39, 0.29) is 29.8 Å². The molecule has 3 aromatic rings. The quantitative estimate of drug-likeness (QED) is 0.419. The van der Waals surface area contributed by atoms with Crippen LogP contribution < -0.4 is 5.56 Å². The largest absolute Gasteiger partial charge is 0.444 e. The first-order valence-electron chi connectivity index (χ1n) is 13.7. The van der Waals surface area contributed by atoms with Gasteiger partial charge in [0, 0.05) is 44.1 Å². The van der Waals surface area contributed by atoms with Gasteiger partial charge in [-0.05, 0) is 83.4 Å². The second kappa shape index (κ2) is 11.2. The van der Waals surface area contributed by atoms with E-state index in [0.717, 1.165) is 29.8 Å². The number of hydrogen-bond donors (Lipinski definition) is 0. The number of carbonyl (C=O) groups excluding carboxylic acids is 1. The maximum absolute atomic E-state index is 13.8. The third-order valence-corrected chi connectivity index (χ3v) is 7.17. The summed E-state index contributed by atoms with van der Waals surface area (Å²) in [6.45, 7) is 15.9. The fraction of sp³-hybridized carbons (Fsp3) is 0.533. The Bertz CT molecular complexity index is 1320. The minimum absolute atomic E-state index is 0.0157. The molecule has 0 radical (unpaired) electrons.